The molecule has 6 nitrogen and oxygen atoms in total. The van der Waals surface area contributed by atoms with Crippen LogP contribution in [0.1, 0.15) is 15.9 Å². The number of nitrogens with one attached hydrogen (secondary N) is 2. The van der Waals surface area contributed by atoms with Gasteiger partial charge >= 0.3 is 5.97 Å². The highest BCUT2D eigenvalue weighted by atomic mass is 35.5. The SMILES string of the molecule is Cc1c(Cl)cccc1NC(=O)CNC(=O)COC(=O)c1ccccc1Cl. The third kappa shape index (κ3) is 5.47. The van der Waals surface area contributed by atoms with Gasteiger partial charge < -0.3 is 15.4 Å². The zero-order valence-electron chi connectivity index (χ0n) is 13.8. The predicted molar refractivity (Wildman–Crippen MR) is 99.6 cm³/mol. The molecule has 136 valence electrons. The zero-order chi connectivity index (χ0) is 19.1. The second-order valence-corrected chi connectivity index (χ2v) is 6.11. The van der Waals surface area contributed by atoms with Crippen molar-refractivity contribution >= 4 is 46.7 Å². The molecule has 0 spiro atoms. The van der Waals surface area contributed by atoms with Crippen LogP contribution >= 0.6 is 23.2 Å². The highest BCUT2D eigenvalue weighted by Crippen LogP contribution is 2.22. The normalized spacial score (nSPS) is 10.1. The molecule has 0 aliphatic rings. The molecule has 0 aliphatic heterocycles. The van der Waals surface area contributed by atoms with E-state index in [4.69, 9.17) is 27.9 Å². The summed E-state index contributed by atoms with van der Waals surface area (Å²) >= 11 is 11.9. The molecule has 2 N–H and O–H groups in total. The maximum atomic E-state index is 11.9. The van der Waals surface area contributed by atoms with Gasteiger partial charge in [-0.3, -0.25) is 9.59 Å². The summed E-state index contributed by atoms with van der Waals surface area (Å²) in [5.74, 6) is -1.76. The third-order valence-corrected chi connectivity index (χ3v) is 4.16. The first-order valence-corrected chi connectivity index (χ1v) is 8.37. The molecule has 0 fully saturated rings. The number of rotatable bonds is 6. The van der Waals surface area contributed by atoms with E-state index in [9.17, 15) is 14.4 Å². The lowest BCUT2D eigenvalue weighted by Crippen LogP contribution is -2.35. The highest BCUT2D eigenvalue weighted by molar-refractivity contribution is 6.33. The lowest BCUT2D eigenvalue weighted by Gasteiger charge is -2.10. The van der Waals surface area contributed by atoms with E-state index in [2.05, 4.69) is 10.6 Å². The summed E-state index contributed by atoms with van der Waals surface area (Å²) in [6, 6.07) is 11.5. The molecule has 2 aromatic carbocycles. The number of carbonyl (C=O) groups excluding carboxylic acids is 3. The largest absolute Gasteiger partial charge is 0.452 e. The fraction of sp³-hybridized carbons (Fsp3) is 0.167. The summed E-state index contributed by atoms with van der Waals surface area (Å²) in [7, 11) is 0. The minimum atomic E-state index is -0.718. The molecule has 8 heteroatoms. The van der Waals surface area contributed by atoms with Crippen molar-refractivity contribution in [1.29, 1.82) is 0 Å². The quantitative estimate of drug-likeness (QED) is 0.736. The van der Waals surface area contributed by atoms with E-state index >= 15 is 0 Å². The van der Waals surface area contributed by atoms with E-state index in [1.807, 2.05) is 0 Å². The Bertz CT molecular complexity index is 840. The number of ether oxygens (including phenoxy) is 1. The van der Waals surface area contributed by atoms with Gasteiger partial charge in [0.05, 0.1) is 17.1 Å². The summed E-state index contributed by atoms with van der Waals surface area (Å²) in [6.07, 6.45) is 0. The van der Waals surface area contributed by atoms with Crippen LogP contribution in [0.3, 0.4) is 0 Å². The molecule has 0 aliphatic carbocycles. The second-order valence-electron chi connectivity index (χ2n) is 5.29. The van der Waals surface area contributed by atoms with Crippen molar-refractivity contribution in [3.63, 3.8) is 0 Å². The summed E-state index contributed by atoms with van der Waals surface area (Å²) in [5, 5.41) is 5.76. The van der Waals surface area contributed by atoms with Crippen LogP contribution in [0.4, 0.5) is 5.69 Å². The van der Waals surface area contributed by atoms with Crippen molar-refractivity contribution in [3.8, 4) is 0 Å². The second kappa shape index (κ2) is 9.22. The van der Waals surface area contributed by atoms with Gasteiger partial charge in [0.1, 0.15) is 0 Å². The first-order chi connectivity index (χ1) is 12.4. The van der Waals surface area contributed by atoms with E-state index < -0.39 is 24.4 Å². The van der Waals surface area contributed by atoms with Crippen LogP contribution in [0.2, 0.25) is 10.0 Å². The fourth-order valence-electron chi connectivity index (χ4n) is 2.00. The average molecular weight is 395 g/mol. The van der Waals surface area contributed by atoms with Gasteiger partial charge in [0.2, 0.25) is 5.91 Å². The van der Waals surface area contributed by atoms with Crippen molar-refractivity contribution < 1.29 is 19.1 Å². The number of amides is 2. The predicted octanol–water partition coefficient (Wildman–Crippen LogP) is 3.21. The minimum absolute atomic E-state index is 0.163. The maximum Gasteiger partial charge on any atom is 0.340 e. The fourth-order valence-corrected chi connectivity index (χ4v) is 2.39. The van der Waals surface area contributed by atoms with E-state index in [0.29, 0.717) is 10.7 Å². The molecule has 0 radical (unpaired) electrons. The number of hydrogen-bond donors (Lipinski definition) is 2. The van der Waals surface area contributed by atoms with Crippen LogP contribution in [0.5, 0.6) is 0 Å². The van der Waals surface area contributed by atoms with Gasteiger partial charge in [0.25, 0.3) is 5.91 Å². The van der Waals surface area contributed by atoms with E-state index in [1.165, 1.54) is 6.07 Å². The zero-order valence-corrected chi connectivity index (χ0v) is 15.4. The van der Waals surface area contributed by atoms with Crippen molar-refractivity contribution in [3.05, 3.63) is 63.6 Å². The Morgan fingerprint density at radius 2 is 1.65 bits per heavy atom. The maximum absolute atomic E-state index is 11.9. The minimum Gasteiger partial charge on any atom is -0.452 e. The van der Waals surface area contributed by atoms with E-state index in [-0.39, 0.29) is 17.1 Å². The standard InChI is InChI=1S/C18H16Cl2N2O4/c1-11-13(19)7-4-8-15(11)22-16(23)9-21-17(24)10-26-18(25)12-5-2-3-6-14(12)20/h2-8H,9-10H2,1H3,(H,21,24)(H,22,23). The summed E-state index contributed by atoms with van der Waals surface area (Å²) < 4.78 is 4.87. The van der Waals surface area contributed by atoms with Gasteiger partial charge in [-0.05, 0) is 36.8 Å². The molecule has 0 saturated carbocycles. The van der Waals surface area contributed by atoms with E-state index in [1.54, 1.807) is 43.3 Å². The Labute approximate surface area is 160 Å². The van der Waals surface area contributed by atoms with Gasteiger partial charge in [-0.2, -0.15) is 0 Å². The highest BCUT2D eigenvalue weighted by Gasteiger charge is 2.14. The molecule has 0 atom stereocenters. The van der Waals surface area contributed by atoms with Gasteiger partial charge in [-0.1, -0.05) is 41.4 Å². The summed E-state index contributed by atoms with van der Waals surface area (Å²) in [4.78, 5) is 35.5. The number of carbonyl (C=O) groups is 3. The lowest BCUT2D eigenvalue weighted by atomic mass is 10.2. The topological polar surface area (TPSA) is 84.5 Å². The lowest BCUT2D eigenvalue weighted by molar-refractivity contribution is -0.126. The van der Waals surface area contributed by atoms with Gasteiger partial charge in [-0.25, -0.2) is 4.79 Å². The van der Waals surface area contributed by atoms with Gasteiger partial charge in [0.15, 0.2) is 6.61 Å². The molecule has 26 heavy (non-hydrogen) atoms. The number of benzene rings is 2. The molecular weight excluding hydrogens is 379 g/mol. The summed E-state index contributed by atoms with van der Waals surface area (Å²) in [6.45, 7) is 0.979. The molecule has 2 amide bonds. The Hall–Kier alpha value is -2.57. The number of hydrogen-bond acceptors (Lipinski definition) is 4. The molecule has 0 bridgehead atoms. The summed E-state index contributed by atoms with van der Waals surface area (Å²) in [5.41, 5.74) is 1.44. The smallest absolute Gasteiger partial charge is 0.340 e. The molecular formula is C18H16Cl2N2O4. The Morgan fingerprint density at radius 3 is 2.38 bits per heavy atom. The van der Waals surface area contributed by atoms with Crippen LogP contribution in [0.15, 0.2) is 42.5 Å². The Kier molecular flexibility index (Phi) is 7.00. The first-order valence-electron chi connectivity index (χ1n) is 7.62. The van der Waals surface area contributed by atoms with Crippen LogP contribution in [0.25, 0.3) is 0 Å². The van der Waals surface area contributed by atoms with Crippen molar-refractivity contribution in [2.24, 2.45) is 0 Å². The average Bonchev–Trinajstić information content (AvgIpc) is 2.62. The molecule has 0 aromatic heterocycles. The number of anilines is 1. The van der Waals surface area contributed by atoms with Crippen LogP contribution < -0.4 is 10.6 Å². The molecule has 0 heterocycles. The Balaban J connectivity index is 1.78. The number of esters is 1. The van der Waals surface area contributed by atoms with Crippen molar-refractivity contribution in [2.75, 3.05) is 18.5 Å². The molecule has 0 unspecified atom stereocenters. The third-order valence-electron chi connectivity index (χ3n) is 3.42. The van der Waals surface area contributed by atoms with Gasteiger partial charge in [-0.15, -0.1) is 0 Å². The van der Waals surface area contributed by atoms with Gasteiger partial charge in [0, 0.05) is 10.7 Å². The molecule has 0 saturated heterocycles. The molecule has 2 rings (SSSR count). The Morgan fingerprint density at radius 1 is 0.962 bits per heavy atom. The van der Waals surface area contributed by atoms with Crippen molar-refractivity contribution in [2.45, 2.75) is 6.92 Å². The van der Waals surface area contributed by atoms with E-state index in [0.717, 1.165) is 5.56 Å². The van der Waals surface area contributed by atoms with Crippen LogP contribution in [0, 0.1) is 6.92 Å². The molecule has 2 aromatic rings. The van der Waals surface area contributed by atoms with Crippen LogP contribution in [-0.4, -0.2) is 30.9 Å². The number of halogens is 2. The van der Waals surface area contributed by atoms with Crippen LogP contribution in [-0.2, 0) is 14.3 Å². The monoisotopic (exact) mass is 394 g/mol. The first kappa shape index (κ1) is 19.8. The van der Waals surface area contributed by atoms with Crippen molar-refractivity contribution in [1.82, 2.24) is 5.32 Å².